The van der Waals surface area contributed by atoms with Crippen molar-refractivity contribution in [1.82, 2.24) is 14.3 Å². The first-order valence-electron chi connectivity index (χ1n) is 9.21. The average Bonchev–Trinajstić information content (AvgIpc) is 3.21. The number of nitrogens with one attached hydrogen (secondary N) is 1. The first-order valence-corrected chi connectivity index (χ1v) is 10.0. The van der Waals surface area contributed by atoms with Crippen LogP contribution in [0.15, 0.2) is 30.3 Å². The SMILES string of the molecule is CCN(CC)C(=O)c1sc2nc(-c3ccccc3)c(NCCOC)n2c1C. The lowest BCUT2D eigenvalue weighted by molar-refractivity contribution is 0.0776. The van der Waals surface area contributed by atoms with E-state index in [4.69, 9.17) is 9.72 Å². The molecule has 0 bridgehead atoms. The minimum atomic E-state index is 0.0668. The van der Waals surface area contributed by atoms with E-state index < -0.39 is 0 Å². The van der Waals surface area contributed by atoms with Crippen molar-refractivity contribution in [3.8, 4) is 11.3 Å². The summed E-state index contributed by atoms with van der Waals surface area (Å²) in [6.07, 6.45) is 0. The first kappa shape index (κ1) is 19.4. The zero-order valence-corrected chi connectivity index (χ0v) is 17.1. The molecule has 0 unspecified atom stereocenters. The summed E-state index contributed by atoms with van der Waals surface area (Å²) < 4.78 is 7.24. The molecular weight excluding hydrogens is 360 g/mol. The van der Waals surface area contributed by atoms with Gasteiger partial charge in [0.15, 0.2) is 4.96 Å². The largest absolute Gasteiger partial charge is 0.383 e. The Morgan fingerprint density at radius 2 is 1.96 bits per heavy atom. The maximum absolute atomic E-state index is 12.9. The van der Waals surface area contributed by atoms with Crippen LogP contribution in [0, 0.1) is 6.92 Å². The predicted molar refractivity (Wildman–Crippen MR) is 111 cm³/mol. The number of fused-ring (bicyclic) bond motifs is 1. The molecule has 0 saturated heterocycles. The van der Waals surface area contributed by atoms with Gasteiger partial charge in [0.2, 0.25) is 0 Å². The summed E-state index contributed by atoms with van der Waals surface area (Å²) in [5, 5.41) is 3.44. The van der Waals surface area contributed by atoms with E-state index in [1.54, 1.807) is 7.11 Å². The lowest BCUT2D eigenvalue weighted by Crippen LogP contribution is -2.30. The minimum absolute atomic E-state index is 0.0668. The van der Waals surface area contributed by atoms with Gasteiger partial charge in [0.25, 0.3) is 5.91 Å². The highest BCUT2D eigenvalue weighted by Crippen LogP contribution is 2.34. The topological polar surface area (TPSA) is 58.9 Å². The van der Waals surface area contributed by atoms with E-state index in [0.717, 1.165) is 32.6 Å². The third-order valence-electron chi connectivity index (χ3n) is 4.59. The molecule has 27 heavy (non-hydrogen) atoms. The van der Waals surface area contributed by atoms with Gasteiger partial charge in [-0.1, -0.05) is 41.7 Å². The summed E-state index contributed by atoms with van der Waals surface area (Å²) in [5.41, 5.74) is 2.86. The Morgan fingerprint density at radius 1 is 1.26 bits per heavy atom. The number of aromatic nitrogens is 2. The van der Waals surface area contributed by atoms with Crippen molar-refractivity contribution in [2.75, 3.05) is 38.7 Å². The molecule has 1 N–H and O–H groups in total. The highest BCUT2D eigenvalue weighted by atomic mass is 32.1. The van der Waals surface area contributed by atoms with E-state index in [-0.39, 0.29) is 5.91 Å². The van der Waals surface area contributed by atoms with Crippen LogP contribution >= 0.6 is 11.3 Å². The van der Waals surface area contributed by atoms with Gasteiger partial charge < -0.3 is 15.0 Å². The number of ether oxygens (including phenoxy) is 1. The maximum Gasteiger partial charge on any atom is 0.265 e. The summed E-state index contributed by atoms with van der Waals surface area (Å²) in [4.78, 5) is 21.1. The Balaban J connectivity index is 2.10. The molecular formula is C20H26N4O2S. The summed E-state index contributed by atoms with van der Waals surface area (Å²) in [7, 11) is 1.68. The van der Waals surface area contributed by atoms with E-state index in [1.165, 1.54) is 11.3 Å². The van der Waals surface area contributed by atoms with Gasteiger partial charge >= 0.3 is 0 Å². The van der Waals surface area contributed by atoms with Crippen LogP contribution in [-0.4, -0.2) is 53.5 Å². The number of nitrogens with zero attached hydrogens (tertiary/aromatic N) is 3. The highest BCUT2D eigenvalue weighted by molar-refractivity contribution is 7.19. The molecule has 3 aromatic rings. The van der Waals surface area contributed by atoms with E-state index in [9.17, 15) is 4.79 Å². The van der Waals surface area contributed by atoms with Gasteiger partial charge in [-0.25, -0.2) is 4.98 Å². The number of anilines is 1. The van der Waals surface area contributed by atoms with Gasteiger partial charge in [-0.05, 0) is 20.8 Å². The summed E-state index contributed by atoms with van der Waals surface area (Å²) in [6, 6.07) is 10.1. The molecule has 0 aliphatic carbocycles. The molecule has 1 aromatic carbocycles. The molecule has 0 saturated carbocycles. The number of amides is 1. The van der Waals surface area contributed by atoms with Crippen LogP contribution in [0.5, 0.6) is 0 Å². The number of aryl methyl sites for hydroxylation is 1. The zero-order valence-electron chi connectivity index (χ0n) is 16.3. The van der Waals surface area contributed by atoms with Crippen molar-refractivity contribution in [2.45, 2.75) is 20.8 Å². The first-order chi connectivity index (χ1) is 13.1. The number of carbonyl (C=O) groups excluding carboxylic acids is 1. The van der Waals surface area contributed by atoms with E-state index >= 15 is 0 Å². The van der Waals surface area contributed by atoms with Crippen molar-refractivity contribution in [2.24, 2.45) is 0 Å². The van der Waals surface area contributed by atoms with Crippen LogP contribution < -0.4 is 5.32 Å². The van der Waals surface area contributed by atoms with Crippen molar-refractivity contribution < 1.29 is 9.53 Å². The lowest BCUT2D eigenvalue weighted by Gasteiger charge is -2.18. The van der Waals surface area contributed by atoms with Gasteiger partial charge in [0.05, 0.1) is 6.61 Å². The smallest absolute Gasteiger partial charge is 0.265 e. The standard InChI is InChI=1S/C20H26N4O2S/c1-5-23(6-2)19(25)17-14(3)24-18(21-12-13-26-4)16(22-20(24)27-17)15-10-8-7-9-11-15/h7-11,21H,5-6,12-13H2,1-4H3. The average molecular weight is 387 g/mol. The molecule has 2 aromatic heterocycles. The molecule has 0 atom stereocenters. The number of hydrogen-bond donors (Lipinski definition) is 1. The van der Waals surface area contributed by atoms with Crippen LogP contribution in [0.4, 0.5) is 5.82 Å². The van der Waals surface area contributed by atoms with E-state index in [0.29, 0.717) is 26.2 Å². The zero-order chi connectivity index (χ0) is 19.4. The fourth-order valence-electron chi connectivity index (χ4n) is 3.13. The van der Waals surface area contributed by atoms with Gasteiger partial charge in [0, 0.05) is 38.0 Å². The van der Waals surface area contributed by atoms with Crippen molar-refractivity contribution in [1.29, 1.82) is 0 Å². The number of rotatable bonds is 8. The number of imidazole rings is 1. The molecule has 6 nitrogen and oxygen atoms in total. The van der Waals surface area contributed by atoms with Crippen LogP contribution in [0.1, 0.15) is 29.2 Å². The summed E-state index contributed by atoms with van der Waals surface area (Å²) >= 11 is 1.45. The Labute approximate surface area is 163 Å². The number of carbonyl (C=O) groups is 1. The van der Waals surface area contributed by atoms with Crippen LogP contribution in [-0.2, 0) is 4.74 Å². The monoisotopic (exact) mass is 386 g/mol. The fourth-order valence-corrected chi connectivity index (χ4v) is 4.23. The van der Waals surface area contributed by atoms with Crippen molar-refractivity contribution in [3.63, 3.8) is 0 Å². The highest BCUT2D eigenvalue weighted by Gasteiger charge is 2.24. The molecule has 0 radical (unpaired) electrons. The third kappa shape index (κ3) is 3.70. The molecule has 7 heteroatoms. The second-order valence-corrected chi connectivity index (χ2v) is 7.18. The van der Waals surface area contributed by atoms with Crippen LogP contribution in [0.25, 0.3) is 16.2 Å². The Bertz CT molecular complexity index is 913. The number of hydrogen-bond acceptors (Lipinski definition) is 5. The normalized spacial score (nSPS) is 11.1. The van der Waals surface area contributed by atoms with Crippen LogP contribution in [0.3, 0.4) is 0 Å². The molecule has 144 valence electrons. The van der Waals surface area contributed by atoms with E-state index in [2.05, 4.69) is 9.72 Å². The van der Waals surface area contributed by atoms with Gasteiger partial charge in [-0.3, -0.25) is 9.20 Å². The summed E-state index contributed by atoms with van der Waals surface area (Å²) in [6.45, 7) is 8.64. The molecule has 0 fully saturated rings. The molecule has 1 amide bonds. The van der Waals surface area contributed by atoms with Crippen molar-refractivity contribution >= 4 is 28.0 Å². The van der Waals surface area contributed by atoms with Crippen LogP contribution in [0.2, 0.25) is 0 Å². The lowest BCUT2D eigenvalue weighted by atomic mass is 10.1. The maximum atomic E-state index is 12.9. The molecule has 0 spiro atoms. The van der Waals surface area contributed by atoms with Gasteiger partial charge in [-0.15, -0.1) is 0 Å². The number of benzene rings is 1. The number of thiazole rings is 1. The Kier molecular flexibility index (Phi) is 6.13. The van der Waals surface area contributed by atoms with Gasteiger partial charge in [-0.2, -0.15) is 0 Å². The summed E-state index contributed by atoms with van der Waals surface area (Å²) in [5.74, 6) is 0.970. The van der Waals surface area contributed by atoms with E-state index in [1.807, 2.05) is 56.0 Å². The number of methoxy groups -OCH3 is 1. The van der Waals surface area contributed by atoms with Gasteiger partial charge in [0.1, 0.15) is 16.4 Å². The Morgan fingerprint density at radius 3 is 2.59 bits per heavy atom. The minimum Gasteiger partial charge on any atom is -0.383 e. The molecule has 0 aliphatic heterocycles. The molecule has 3 rings (SSSR count). The quantitative estimate of drug-likeness (QED) is 0.596. The fraction of sp³-hybridized carbons (Fsp3) is 0.400. The second kappa shape index (κ2) is 8.54. The predicted octanol–water partition coefficient (Wildman–Crippen LogP) is 3.91. The molecule has 0 aliphatic rings. The van der Waals surface area contributed by atoms with Crippen molar-refractivity contribution in [3.05, 3.63) is 40.9 Å². The Hall–Kier alpha value is -2.38. The second-order valence-electron chi connectivity index (χ2n) is 6.21. The molecule has 2 heterocycles. The third-order valence-corrected chi connectivity index (χ3v) is 5.73.